The fourth-order valence-electron chi connectivity index (χ4n) is 2.81. The van der Waals surface area contributed by atoms with Crippen LogP contribution >= 0.6 is 11.8 Å². The van der Waals surface area contributed by atoms with Crippen molar-refractivity contribution in [3.05, 3.63) is 77.8 Å². The molecule has 146 valence electrons. The van der Waals surface area contributed by atoms with Crippen molar-refractivity contribution >= 4 is 34.4 Å². The molecule has 0 aliphatic carbocycles. The summed E-state index contributed by atoms with van der Waals surface area (Å²) < 4.78 is 27.0. The molecular formula is C20H15F2N5OS. The molecule has 6 nitrogen and oxygen atoms in total. The van der Waals surface area contributed by atoms with Gasteiger partial charge in [0, 0.05) is 17.0 Å². The largest absolute Gasteiger partial charge is 0.326 e. The third-order valence-corrected chi connectivity index (χ3v) is 5.23. The molecule has 0 spiro atoms. The van der Waals surface area contributed by atoms with Crippen molar-refractivity contribution in [3.63, 3.8) is 0 Å². The van der Waals surface area contributed by atoms with Gasteiger partial charge in [-0.3, -0.25) is 9.89 Å². The second-order valence-corrected chi connectivity index (χ2v) is 7.22. The molecule has 4 rings (SSSR count). The van der Waals surface area contributed by atoms with Crippen LogP contribution in [0.15, 0.2) is 60.0 Å². The lowest BCUT2D eigenvalue weighted by Crippen LogP contribution is -2.15. The number of hydrogen-bond acceptors (Lipinski definition) is 5. The van der Waals surface area contributed by atoms with Gasteiger partial charge in [0.05, 0.1) is 18.0 Å². The first kappa shape index (κ1) is 19.0. The Morgan fingerprint density at radius 1 is 1.14 bits per heavy atom. The monoisotopic (exact) mass is 411 g/mol. The summed E-state index contributed by atoms with van der Waals surface area (Å²) in [4.78, 5) is 20.6. The number of hydrogen-bond donors (Lipinski definition) is 2. The maximum absolute atomic E-state index is 13.7. The van der Waals surface area contributed by atoms with Crippen LogP contribution < -0.4 is 5.32 Å². The Bertz CT molecular complexity index is 1180. The smallest absolute Gasteiger partial charge is 0.228 e. The highest BCUT2D eigenvalue weighted by Crippen LogP contribution is 2.27. The maximum Gasteiger partial charge on any atom is 0.228 e. The van der Waals surface area contributed by atoms with Gasteiger partial charge in [0.25, 0.3) is 0 Å². The highest BCUT2D eigenvalue weighted by atomic mass is 32.2. The molecule has 0 bridgehead atoms. The molecule has 2 N–H and O–H groups in total. The van der Waals surface area contributed by atoms with Crippen molar-refractivity contribution in [2.24, 2.45) is 0 Å². The zero-order valence-corrected chi connectivity index (χ0v) is 15.8. The summed E-state index contributed by atoms with van der Waals surface area (Å²) in [6, 6.07) is 10.4. The normalized spacial score (nSPS) is 11.0. The van der Waals surface area contributed by atoms with E-state index in [9.17, 15) is 13.6 Å². The highest BCUT2D eigenvalue weighted by molar-refractivity contribution is 7.98. The average molecular weight is 411 g/mol. The SMILES string of the molecule is O=C(Cc1cc(F)ccc1F)Nc1cccc(CSc2ncnc3[nH]ncc23)c1. The van der Waals surface area contributed by atoms with Gasteiger partial charge in [0.1, 0.15) is 23.0 Å². The number of H-pyrrole nitrogens is 1. The van der Waals surface area contributed by atoms with E-state index in [1.165, 1.54) is 18.1 Å². The van der Waals surface area contributed by atoms with Crippen molar-refractivity contribution in [1.82, 2.24) is 20.2 Å². The number of rotatable bonds is 6. The summed E-state index contributed by atoms with van der Waals surface area (Å²) >= 11 is 1.53. The van der Waals surface area contributed by atoms with Crippen molar-refractivity contribution in [1.29, 1.82) is 0 Å². The number of nitrogens with zero attached hydrogens (tertiary/aromatic N) is 3. The van der Waals surface area contributed by atoms with Gasteiger partial charge in [-0.2, -0.15) is 5.10 Å². The third-order valence-electron chi connectivity index (χ3n) is 4.16. The molecule has 1 amide bonds. The molecule has 0 saturated heterocycles. The van der Waals surface area contributed by atoms with Crippen LogP contribution in [0.1, 0.15) is 11.1 Å². The topological polar surface area (TPSA) is 83.6 Å². The van der Waals surface area contributed by atoms with E-state index < -0.39 is 17.5 Å². The number of benzene rings is 2. The van der Waals surface area contributed by atoms with Crippen LogP contribution in [0.5, 0.6) is 0 Å². The number of carbonyl (C=O) groups is 1. The molecule has 0 atom stereocenters. The van der Waals surface area contributed by atoms with Gasteiger partial charge >= 0.3 is 0 Å². The van der Waals surface area contributed by atoms with Crippen LogP contribution in [0.4, 0.5) is 14.5 Å². The second kappa shape index (κ2) is 8.36. The van der Waals surface area contributed by atoms with Crippen molar-refractivity contribution in [3.8, 4) is 0 Å². The molecule has 0 aliphatic rings. The minimum Gasteiger partial charge on any atom is -0.326 e. The number of anilines is 1. The number of halogens is 2. The number of carbonyl (C=O) groups excluding carboxylic acids is 1. The fourth-order valence-corrected chi connectivity index (χ4v) is 3.71. The Hall–Kier alpha value is -3.33. The first-order valence-electron chi connectivity index (χ1n) is 8.68. The quantitative estimate of drug-likeness (QED) is 0.369. The minimum absolute atomic E-state index is 0.0158. The molecule has 0 unspecified atom stereocenters. The van der Waals surface area contributed by atoms with E-state index in [4.69, 9.17) is 0 Å². The molecular weight excluding hydrogens is 396 g/mol. The standard InChI is InChI=1S/C20H15F2N5OS/c21-14-4-5-17(22)13(7-14)8-18(28)26-15-3-1-2-12(6-15)10-29-20-16-9-25-27-19(16)23-11-24-20/h1-7,9,11H,8,10H2,(H,26,28)(H,23,24,25,27). The average Bonchev–Trinajstić information content (AvgIpc) is 3.19. The number of thioether (sulfide) groups is 1. The summed E-state index contributed by atoms with van der Waals surface area (Å²) in [7, 11) is 0. The summed E-state index contributed by atoms with van der Waals surface area (Å²) in [5, 5.41) is 11.2. The lowest BCUT2D eigenvalue weighted by Gasteiger charge is -2.08. The second-order valence-electron chi connectivity index (χ2n) is 6.26. The van der Waals surface area contributed by atoms with E-state index in [0.717, 1.165) is 34.2 Å². The number of nitrogens with one attached hydrogen (secondary N) is 2. The van der Waals surface area contributed by atoms with E-state index in [2.05, 4.69) is 25.5 Å². The van der Waals surface area contributed by atoms with Crippen LogP contribution in [0.2, 0.25) is 0 Å². The fraction of sp³-hybridized carbons (Fsp3) is 0.100. The molecule has 2 heterocycles. The summed E-state index contributed by atoms with van der Waals surface area (Å²) in [6.07, 6.45) is 2.91. The Kier molecular flexibility index (Phi) is 5.48. The maximum atomic E-state index is 13.7. The molecule has 9 heteroatoms. The molecule has 29 heavy (non-hydrogen) atoms. The summed E-state index contributed by atoms with van der Waals surface area (Å²) in [5.41, 5.74) is 2.25. The van der Waals surface area contributed by atoms with Gasteiger partial charge in [0.15, 0.2) is 5.65 Å². The lowest BCUT2D eigenvalue weighted by atomic mass is 10.1. The van der Waals surface area contributed by atoms with Gasteiger partial charge in [-0.1, -0.05) is 12.1 Å². The van der Waals surface area contributed by atoms with Crippen molar-refractivity contribution in [2.75, 3.05) is 5.32 Å². The van der Waals surface area contributed by atoms with E-state index in [1.807, 2.05) is 18.2 Å². The third kappa shape index (κ3) is 4.57. The predicted molar refractivity (Wildman–Crippen MR) is 106 cm³/mol. The molecule has 4 aromatic rings. The van der Waals surface area contributed by atoms with Crippen LogP contribution in [-0.4, -0.2) is 26.1 Å². The Balaban J connectivity index is 1.41. The van der Waals surface area contributed by atoms with E-state index in [1.54, 1.807) is 12.3 Å². The molecule has 2 aromatic heterocycles. The number of fused-ring (bicyclic) bond motifs is 1. The Morgan fingerprint density at radius 2 is 2.03 bits per heavy atom. The zero-order valence-electron chi connectivity index (χ0n) is 15.0. The molecule has 0 saturated carbocycles. The van der Waals surface area contributed by atoms with Gasteiger partial charge in [0.2, 0.25) is 5.91 Å². The molecule has 0 aliphatic heterocycles. The van der Waals surface area contributed by atoms with E-state index >= 15 is 0 Å². The highest BCUT2D eigenvalue weighted by Gasteiger charge is 2.11. The predicted octanol–water partition coefficient (Wildman–Crippen LogP) is 4.10. The number of aromatic amines is 1. The van der Waals surface area contributed by atoms with Gasteiger partial charge in [-0.15, -0.1) is 11.8 Å². The van der Waals surface area contributed by atoms with Crippen LogP contribution in [-0.2, 0) is 17.0 Å². The van der Waals surface area contributed by atoms with Crippen LogP contribution in [0.25, 0.3) is 11.0 Å². The zero-order chi connectivity index (χ0) is 20.2. The van der Waals surface area contributed by atoms with Crippen LogP contribution in [0.3, 0.4) is 0 Å². The first-order valence-corrected chi connectivity index (χ1v) is 9.66. The van der Waals surface area contributed by atoms with E-state index in [0.29, 0.717) is 17.1 Å². The molecule has 0 radical (unpaired) electrons. The summed E-state index contributed by atoms with van der Waals surface area (Å²) in [6.45, 7) is 0. The van der Waals surface area contributed by atoms with E-state index in [-0.39, 0.29) is 12.0 Å². The lowest BCUT2D eigenvalue weighted by molar-refractivity contribution is -0.115. The number of amides is 1. The van der Waals surface area contributed by atoms with Crippen molar-refractivity contribution < 1.29 is 13.6 Å². The van der Waals surface area contributed by atoms with Crippen LogP contribution in [0, 0.1) is 11.6 Å². The van der Waals surface area contributed by atoms with Crippen molar-refractivity contribution in [2.45, 2.75) is 17.2 Å². The van der Waals surface area contributed by atoms with Gasteiger partial charge in [-0.05, 0) is 35.9 Å². The minimum atomic E-state index is -0.609. The number of aromatic nitrogens is 4. The summed E-state index contributed by atoms with van der Waals surface area (Å²) in [5.74, 6) is -0.985. The molecule has 2 aromatic carbocycles. The Morgan fingerprint density at radius 3 is 2.93 bits per heavy atom. The van der Waals surface area contributed by atoms with Gasteiger partial charge in [-0.25, -0.2) is 18.7 Å². The molecule has 0 fully saturated rings. The van der Waals surface area contributed by atoms with Gasteiger partial charge < -0.3 is 5.32 Å². The first-order chi connectivity index (χ1) is 14.1. The Labute approximate surface area is 168 Å².